The van der Waals surface area contributed by atoms with Gasteiger partial charge >= 0.3 is 0 Å². The van der Waals surface area contributed by atoms with Crippen molar-refractivity contribution in [2.45, 2.75) is 52.2 Å². The average molecular weight is 325 g/mol. The molecule has 0 heterocycles. The fourth-order valence-electron chi connectivity index (χ4n) is 2.67. The Morgan fingerprint density at radius 3 is 2.29 bits per heavy atom. The molecule has 24 heavy (non-hydrogen) atoms. The van der Waals surface area contributed by atoms with Crippen molar-refractivity contribution < 1.29 is 9.53 Å². The Bertz CT molecular complexity index is 647. The summed E-state index contributed by atoms with van der Waals surface area (Å²) in [7, 11) is 0. The van der Waals surface area contributed by atoms with Gasteiger partial charge in [0.05, 0.1) is 0 Å². The zero-order chi connectivity index (χ0) is 17.6. The van der Waals surface area contributed by atoms with Crippen LogP contribution < -0.4 is 10.1 Å². The molecule has 0 saturated carbocycles. The first-order valence-corrected chi connectivity index (χ1v) is 8.49. The molecule has 0 unspecified atom stereocenters. The van der Waals surface area contributed by atoms with Gasteiger partial charge in [-0.3, -0.25) is 4.79 Å². The molecule has 3 nitrogen and oxygen atoms in total. The maximum atomic E-state index is 12.6. The number of hydrogen-bond donors (Lipinski definition) is 1. The normalized spacial score (nSPS) is 12.5. The molecule has 1 N–H and O–H groups in total. The largest absolute Gasteiger partial charge is 0.481 e. The SMILES string of the molecule is CC[C@@H](Oc1ccc(C)cc1)C(=O)NC(C)(C)Cc1ccccc1. The van der Waals surface area contributed by atoms with Crippen LogP contribution in [0.5, 0.6) is 5.75 Å². The first-order valence-electron chi connectivity index (χ1n) is 8.49. The highest BCUT2D eigenvalue weighted by Gasteiger charge is 2.26. The van der Waals surface area contributed by atoms with Crippen LogP contribution in [0.15, 0.2) is 54.6 Å². The minimum absolute atomic E-state index is 0.0704. The van der Waals surface area contributed by atoms with E-state index in [9.17, 15) is 4.79 Å². The molecule has 128 valence electrons. The molecule has 0 aliphatic rings. The third-order valence-electron chi connectivity index (χ3n) is 3.91. The summed E-state index contributed by atoms with van der Waals surface area (Å²) in [5, 5.41) is 3.12. The Labute approximate surface area is 145 Å². The van der Waals surface area contributed by atoms with Crippen LogP contribution in [0.3, 0.4) is 0 Å². The average Bonchev–Trinajstić information content (AvgIpc) is 2.54. The van der Waals surface area contributed by atoms with Crippen molar-refractivity contribution in [3.8, 4) is 5.75 Å². The molecule has 1 atom stereocenters. The summed E-state index contributed by atoms with van der Waals surface area (Å²) >= 11 is 0. The predicted molar refractivity (Wildman–Crippen MR) is 98.3 cm³/mol. The Morgan fingerprint density at radius 1 is 1.08 bits per heavy atom. The molecule has 1 amide bonds. The molecule has 0 saturated heterocycles. The van der Waals surface area contributed by atoms with Crippen LogP contribution >= 0.6 is 0 Å². The summed E-state index contributed by atoms with van der Waals surface area (Å²) in [6, 6.07) is 18.0. The summed E-state index contributed by atoms with van der Waals surface area (Å²) in [4.78, 5) is 12.6. The van der Waals surface area contributed by atoms with E-state index in [4.69, 9.17) is 4.74 Å². The Hall–Kier alpha value is -2.29. The predicted octanol–water partition coefficient (Wildman–Crippen LogP) is 4.29. The molecule has 0 fully saturated rings. The van der Waals surface area contributed by atoms with E-state index in [1.54, 1.807) is 0 Å². The van der Waals surface area contributed by atoms with Crippen molar-refractivity contribution in [1.29, 1.82) is 0 Å². The maximum Gasteiger partial charge on any atom is 0.261 e. The van der Waals surface area contributed by atoms with Crippen molar-refractivity contribution in [3.63, 3.8) is 0 Å². The molecule has 2 rings (SSSR count). The summed E-state index contributed by atoms with van der Waals surface area (Å²) in [6.07, 6.45) is 0.921. The Kier molecular flexibility index (Phi) is 6.02. The molecule has 3 heteroatoms. The first-order chi connectivity index (χ1) is 11.4. The van der Waals surface area contributed by atoms with Crippen LogP contribution in [-0.4, -0.2) is 17.6 Å². The topological polar surface area (TPSA) is 38.3 Å². The third kappa shape index (κ3) is 5.41. The van der Waals surface area contributed by atoms with Crippen LogP contribution in [0.1, 0.15) is 38.3 Å². The van der Waals surface area contributed by atoms with Gasteiger partial charge in [0.15, 0.2) is 6.10 Å². The number of aryl methyl sites for hydroxylation is 1. The minimum atomic E-state index is -0.484. The number of rotatable bonds is 7. The van der Waals surface area contributed by atoms with Crippen molar-refractivity contribution in [3.05, 3.63) is 65.7 Å². The van der Waals surface area contributed by atoms with E-state index < -0.39 is 6.10 Å². The van der Waals surface area contributed by atoms with Crippen LogP contribution in [0.4, 0.5) is 0 Å². The zero-order valence-electron chi connectivity index (χ0n) is 15.0. The van der Waals surface area contributed by atoms with Crippen LogP contribution in [0.25, 0.3) is 0 Å². The van der Waals surface area contributed by atoms with Crippen LogP contribution in [0, 0.1) is 6.92 Å². The number of carbonyl (C=O) groups excluding carboxylic acids is 1. The molecule has 0 bridgehead atoms. The molecule has 0 spiro atoms. The number of carbonyl (C=O) groups is 1. The highest BCUT2D eigenvalue weighted by Crippen LogP contribution is 2.17. The van der Waals surface area contributed by atoms with Crippen molar-refractivity contribution >= 4 is 5.91 Å². The second-order valence-corrected chi connectivity index (χ2v) is 6.86. The number of ether oxygens (including phenoxy) is 1. The lowest BCUT2D eigenvalue weighted by Gasteiger charge is -2.29. The van der Waals surface area contributed by atoms with Crippen molar-refractivity contribution in [2.75, 3.05) is 0 Å². The van der Waals surface area contributed by atoms with Gasteiger partial charge in [-0.2, -0.15) is 0 Å². The minimum Gasteiger partial charge on any atom is -0.481 e. The fraction of sp³-hybridized carbons (Fsp3) is 0.381. The summed E-state index contributed by atoms with van der Waals surface area (Å²) in [5.74, 6) is 0.655. The lowest BCUT2D eigenvalue weighted by molar-refractivity contribution is -0.129. The van der Waals surface area contributed by atoms with E-state index in [0.717, 1.165) is 12.2 Å². The lowest BCUT2D eigenvalue weighted by Crippen LogP contribution is -2.50. The van der Waals surface area contributed by atoms with E-state index in [1.165, 1.54) is 11.1 Å². The second kappa shape index (κ2) is 8.00. The summed E-state index contributed by atoms with van der Waals surface area (Å²) in [5.41, 5.74) is 2.04. The zero-order valence-corrected chi connectivity index (χ0v) is 15.0. The fourth-order valence-corrected chi connectivity index (χ4v) is 2.67. The van der Waals surface area contributed by atoms with E-state index in [0.29, 0.717) is 6.42 Å². The van der Waals surface area contributed by atoms with Gasteiger partial charge in [-0.15, -0.1) is 0 Å². The summed E-state index contributed by atoms with van der Waals surface area (Å²) in [6.45, 7) is 8.07. The monoisotopic (exact) mass is 325 g/mol. The van der Waals surface area contributed by atoms with Gasteiger partial charge in [0, 0.05) is 5.54 Å². The lowest BCUT2D eigenvalue weighted by atomic mass is 9.94. The molecule has 0 radical (unpaired) electrons. The van der Waals surface area contributed by atoms with Crippen LogP contribution in [-0.2, 0) is 11.2 Å². The molecule has 2 aromatic rings. The summed E-state index contributed by atoms with van der Waals surface area (Å²) < 4.78 is 5.86. The maximum absolute atomic E-state index is 12.6. The van der Waals surface area contributed by atoms with Gasteiger partial charge in [-0.25, -0.2) is 0 Å². The molecule has 0 aliphatic carbocycles. The van der Waals surface area contributed by atoms with Gasteiger partial charge in [-0.1, -0.05) is 55.0 Å². The molecule has 2 aromatic carbocycles. The van der Waals surface area contributed by atoms with Gasteiger partial charge in [0.25, 0.3) is 5.91 Å². The Morgan fingerprint density at radius 2 is 1.71 bits per heavy atom. The van der Waals surface area contributed by atoms with Crippen LogP contribution in [0.2, 0.25) is 0 Å². The molecule has 0 aliphatic heterocycles. The van der Waals surface area contributed by atoms with Gasteiger partial charge in [0.1, 0.15) is 5.75 Å². The van der Waals surface area contributed by atoms with Gasteiger partial charge in [-0.05, 0) is 51.3 Å². The smallest absolute Gasteiger partial charge is 0.261 e. The molecular weight excluding hydrogens is 298 g/mol. The highest BCUT2D eigenvalue weighted by molar-refractivity contribution is 5.81. The van der Waals surface area contributed by atoms with E-state index in [1.807, 2.05) is 70.2 Å². The Balaban J connectivity index is 1.98. The van der Waals surface area contributed by atoms with Gasteiger partial charge < -0.3 is 10.1 Å². The standard InChI is InChI=1S/C21H27NO2/c1-5-19(24-18-13-11-16(2)12-14-18)20(23)22-21(3,4)15-17-9-7-6-8-10-17/h6-14,19H,5,15H2,1-4H3,(H,22,23)/t19-/m1/s1. The first kappa shape index (κ1) is 18.1. The van der Waals surface area contributed by atoms with Crippen molar-refractivity contribution in [2.24, 2.45) is 0 Å². The quantitative estimate of drug-likeness (QED) is 0.824. The van der Waals surface area contributed by atoms with E-state index >= 15 is 0 Å². The second-order valence-electron chi connectivity index (χ2n) is 6.86. The van der Waals surface area contributed by atoms with E-state index in [2.05, 4.69) is 17.4 Å². The number of nitrogens with one attached hydrogen (secondary N) is 1. The number of benzene rings is 2. The third-order valence-corrected chi connectivity index (χ3v) is 3.91. The van der Waals surface area contributed by atoms with E-state index in [-0.39, 0.29) is 11.4 Å². The highest BCUT2D eigenvalue weighted by atomic mass is 16.5. The molecule has 0 aromatic heterocycles. The number of amides is 1. The molecular formula is C21H27NO2. The van der Waals surface area contributed by atoms with Crippen molar-refractivity contribution in [1.82, 2.24) is 5.32 Å². The number of hydrogen-bond acceptors (Lipinski definition) is 2. The van der Waals surface area contributed by atoms with Gasteiger partial charge in [0.2, 0.25) is 0 Å².